The van der Waals surface area contributed by atoms with Crippen molar-refractivity contribution in [1.82, 2.24) is 4.98 Å². The number of benzene rings is 2. The van der Waals surface area contributed by atoms with Crippen LogP contribution >= 0.6 is 0 Å². The third kappa shape index (κ3) is 4.44. The van der Waals surface area contributed by atoms with Gasteiger partial charge in [0.25, 0.3) is 5.91 Å². The Morgan fingerprint density at radius 3 is 2.33 bits per heavy atom. The van der Waals surface area contributed by atoms with Gasteiger partial charge in [0.15, 0.2) is 0 Å². The van der Waals surface area contributed by atoms with Crippen molar-refractivity contribution in [2.24, 2.45) is 0 Å². The van der Waals surface area contributed by atoms with Crippen LogP contribution in [0, 0.1) is 6.92 Å². The van der Waals surface area contributed by atoms with E-state index in [1.54, 1.807) is 49.7 Å². The Morgan fingerprint density at radius 2 is 1.74 bits per heavy atom. The number of aromatic nitrogens is 1. The van der Waals surface area contributed by atoms with Gasteiger partial charge in [-0.15, -0.1) is 0 Å². The first-order valence-electron chi connectivity index (χ1n) is 8.61. The largest absolute Gasteiger partial charge is 0.497 e. The highest BCUT2D eigenvalue weighted by atomic mass is 16.5. The number of aryl methyl sites for hydroxylation is 1. The molecule has 1 aromatic heterocycles. The van der Waals surface area contributed by atoms with Crippen LogP contribution in [-0.2, 0) is 6.54 Å². The van der Waals surface area contributed by atoms with Crippen LogP contribution in [-0.4, -0.2) is 25.1 Å². The topological polar surface area (TPSA) is 51.7 Å². The van der Waals surface area contributed by atoms with Crippen LogP contribution in [0.2, 0.25) is 0 Å². The van der Waals surface area contributed by atoms with Gasteiger partial charge in [0.2, 0.25) is 0 Å². The molecule has 0 aliphatic rings. The summed E-state index contributed by atoms with van der Waals surface area (Å²) >= 11 is 0. The fraction of sp³-hybridized carbons (Fsp3) is 0.182. The predicted octanol–water partition coefficient (Wildman–Crippen LogP) is 4.25. The van der Waals surface area contributed by atoms with Crippen molar-refractivity contribution in [3.8, 4) is 11.5 Å². The van der Waals surface area contributed by atoms with Crippen LogP contribution < -0.4 is 14.4 Å². The lowest BCUT2D eigenvalue weighted by Gasteiger charge is -2.24. The second-order valence-electron chi connectivity index (χ2n) is 6.19. The first-order chi connectivity index (χ1) is 13.1. The number of nitrogens with zero attached hydrogens (tertiary/aromatic N) is 2. The molecule has 1 amide bonds. The SMILES string of the molecule is COc1cc(OC)cc(C(=O)N(Cc2cccnc2)c2cccc(C)c2)c1. The van der Waals surface area contributed by atoms with Gasteiger partial charge in [0.1, 0.15) is 11.5 Å². The molecule has 0 N–H and O–H groups in total. The van der Waals surface area contributed by atoms with Crippen molar-refractivity contribution in [2.75, 3.05) is 19.1 Å². The summed E-state index contributed by atoms with van der Waals surface area (Å²) in [7, 11) is 3.13. The highest BCUT2D eigenvalue weighted by Crippen LogP contribution is 2.26. The molecule has 0 atom stereocenters. The van der Waals surface area contributed by atoms with E-state index < -0.39 is 0 Å². The van der Waals surface area contributed by atoms with Gasteiger partial charge < -0.3 is 14.4 Å². The van der Waals surface area contributed by atoms with Crippen LogP contribution in [0.5, 0.6) is 11.5 Å². The molecule has 0 unspecified atom stereocenters. The molecule has 3 rings (SSSR count). The van der Waals surface area contributed by atoms with Crippen LogP contribution in [0.3, 0.4) is 0 Å². The molecule has 5 nitrogen and oxygen atoms in total. The third-order valence-electron chi connectivity index (χ3n) is 4.22. The summed E-state index contributed by atoms with van der Waals surface area (Å²) in [6.45, 7) is 2.42. The first kappa shape index (κ1) is 18.5. The molecule has 0 aliphatic heterocycles. The summed E-state index contributed by atoms with van der Waals surface area (Å²) in [5, 5.41) is 0. The zero-order valence-electron chi connectivity index (χ0n) is 15.7. The average Bonchev–Trinajstić information content (AvgIpc) is 2.71. The minimum atomic E-state index is -0.137. The molecule has 0 aliphatic carbocycles. The zero-order chi connectivity index (χ0) is 19.2. The number of hydrogen-bond donors (Lipinski definition) is 0. The summed E-state index contributed by atoms with van der Waals surface area (Å²) < 4.78 is 10.6. The van der Waals surface area contributed by atoms with Crippen molar-refractivity contribution in [2.45, 2.75) is 13.5 Å². The van der Waals surface area contributed by atoms with E-state index in [4.69, 9.17) is 9.47 Å². The standard InChI is InChI=1S/C22H22N2O3/c1-16-6-4-8-19(10-16)24(15-17-7-5-9-23-14-17)22(25)18-11-20(26-2)13-21(12-18)27-3/h4-14H,15H2,1-3H3. The Kier molecular flexibility index (Phi) is 5.71. The van der Waals surface area contributed by atoms with E-state index in [1.165, 1.54) is 0 Å². The molecule has 3 aromatic rings. The van der Waals surface area contributed by atoms with E-state index in [0.29, 0.717) is 23.6 Å². The minimum absolute atomic E-state index is 0.137. The molecule has 0 bridgehead atoms. The van der Waals surface area contributed by atoms with Crippen molar-refractivity contribution in [3.05, 3.63) is 83.7 Å². The molecular weight excluding hydrogens is 340 g/mol. The Morgan fingerprint density at radius 1 is 1.00 bits per heavy atom. The zero-order valence-corrected chi connectivity index (χ0v) is 15.7. The number of carbonyl (C=O) groups excluding carboxylic acids is 1. The number of carbonyl (C=O) groups is 1. The van der Waals surface area contributed by atoms with E-state index in [0.717, 1.165) is 16.8 Å². The van der Waals surface area contributed by atoms with Crippen LogP contribution in [0.15, 0.2) is 67.0 Å². The number of rotatable bonds is 6. The van der Waals surface area contributed by atoms with E-state index in [1.807, 2.05) is 43.3 Å². The van der Waals surface area contributed by atoms with Gasteiger partial charge in [-0.3, -0.25) is 9.78 Å². The quantitative estimate of drug-likeness (QED) is 0.658. The van der Waals surface area contributed by atoms with Gasteiger partial charge in [-0.2, -0.15) is 0 Å². The molecule has 0 radical (unpaired) electrons. The minimum Gasteiger partial charge on any atom is -0.497 e. The lowest BCUT2D eigenvalue weighted by atomic mass is 10.1. The summed E-state index contributed by atoms with van der Waals surface area (Å²) in [5.41, 5.74) is 3.35. The predicted molar refractivity (Wildman–Crippen MR) is 105 cm³/mol. The molecule has 0 fully saturated rings. The highest BCUT2D eigenvalue weighted by molar-refractivity contribution is 6.06. The van der Waals surface area contributed by atoms with Crippen molar-refractivity contribution >= 4 is 11.6 Å². The van der Waals surface area contributed by atoms with E-state index in [2.05, 4.69) is 4.98 Å². The fourth-order valence-corrected chi connectivity index (χ4v) is 2.84. The Labute approximate surface area is 159 Å². The van der Waals surface area contributed by atoms with Gasteiger partial charge in [0.05, 0.1) is 20.8 Å². The maximum absolute atomic E-state index is 13.4. The molecular formula is C22H22N2O3. The molecule has 0 spiro atoms. The van der Waals surface area contributed by atoms with Gasteiger partial charge >= 0.3 is 0 Å². The van der Waals surface area contributed by atoms with Crippen molar-refractivity contribution in [3.63, 3.8) is 0 Å². The Hall–Kier alpha value is -3.34. The molecule has 0 saturated heterocycles. The van der Waals surface area contributed by atoms with Gasteiger partial charge in [0, 0.05) is 29.7 Å². The van der Waals surface area contributed by atoms with E-state index in [-0.39, 0.29) is 5.91 Å². The monoisotopic (exact) mass is 362 g/mol. The first-order valence-corrected chi connectivity index (χ1v) is 8.61. The lowest BCUT2D eigenvalue weighted by molar-refractivity contribution is 0.0984. The molecule has 2 aromatic carbocycles. The average molecular weight is 362 g/mol. The summed E-state index contributed by atoms with van der Waals surface area (Å²) in [6.07, 6.45) is 3.48. The van der Waals surface area contributed by atoms with Gasteiger partial charge in [-0.25, -0.2) is 0 Å². The van der Waals surface area contributed by atoms with Crippen LogP contribution in [0.25, 0.3) is 0 Å². The smallest absolute Gasteiger partial charge is 0.258 e. The second-order valence-corrected chi connectivity index (χ2v) is 6.19. The lowest BCUT2D eigenvalue weighted by Crippen LogP contribution is -2.30. The second kappa shape index (κ2) is 8.36. The van der Waals surface area contributed by atoms with Gasteiger partial charge in [-0.05, 0) is 48.4 Å². The van der Waals surface area contributed by atoms with Gasteiger partial charge in [-0.1, -0.05) is 18.2 Å². The maximum atomic E-state index is 13.4. The maximum Gasteiger partial charge on any atom is 0.258 e. The molecule has 5 heteroatoms. The Balaban J connectivity index is 2.03. The van der Waals surface area contributed by atoms with Crippen LogP contribution in [0.4, 0.5) is 5.69 Å². The number of ether oxygens (including phenoxy) is 2. The summed E-state index contributed by atoms with van der Waals surface area (Å²) in [6, 6.07) is 16.9. The Bertz CT molecular complexity index is 904. The summed E-state index contributed by atoms with van der Waals surface area (Å²) in [5.74, 6) is 1.01. The summed E-state index contributed by atoms with van der Waals surface area (Å²) in [4.78, 5) is 19.3. The number of methoxy groups -OCH3 is 2. The van der Waals surface area contributed by atoms with E-state index in [9.17, 15) is 4.79 Å². The molecule has 1 heterocycles. The number of pyridine rings is 1. The molecule has 27 heavy (non-hydrogen) atoms. The van der Waals surface area contributed by atoms with Crippen LogP contribution in [0.1, 0.15) is 21.5 Å². The number of hydrogen-bond acceptors (Lipinski definition) is 4. The molecule has 138 valence electrons. The normalized spacial score (nSPS) is 10.3. The third-order valence-corrected chi connectivity index (χ3v) is 4.22. The number of anilines is 1. The fourth-order valence-electron chi connectivity index (χ4n) is 2.84. The highest BCUT2D eigenvalue weighted by Gasteiger charge is 2.20. The molecule has 0 saturated carbocycles. The van der Waals surface area contributed by atoms with E-state index >= 15 is 0 Å². The van der Waals surface area contributed by atoms with Crippen molar-refractivity contribution in [1.29, 1.82) is 0 Å². The van der Waals surface area contributed by atoms with Crippen molar-refractivity contribution < 1.29 is 14.3 Å². The number of amides is 1.